The third kappa shape index (κ3) is 5.92. The Morgan fingerprint density at radius 2 is 1.61 bits per heavy atom. The Morgan fingerprint density at radius 1 is 0.935 bits per heavy atom. The Bertz CT molecular complexity index is 1040. The fourth-order valence-electron chi connectivity index (χ4n) is 3.53. The quantitative estimate of drug-likeness (QED) is 0.671. The predicted molar refractivity (Wildman–Crippen MR) is 120 cm³/mol. The number of nitrogens with one attached hydrogen (secondary N) is 2. The maximum atomic E-state index is 12.7. The van der Waals surface area contributed by atoms with Crippen LogP contribution in [0.1, 0.15) is 36.0 Å². The molecule has 0 atom stereocenters. The van der Waals surface area contributed by atoms with Crippen LogP contribution in [0.4, 0.5) is 5.69 Å². The summed E-state index contributed by atoms with van der Waals surface area (Å²) in [7, 11) is -3.45. The molecule has 2 amide bonds. The van der Waals surface area contributed by atoms with E-state index in [1.54, 1.807) is 28.6 Å². The topological polar surface area (TPSA) is 95.6 Å². The van der Waals surface area contributed by atoms with Crippen molar-refractivity contribution in [3.8, 4) is 0 Å². The fraction of sp³-hybridized carbons (Fsp3) is 0.391. The van der Waals surface area contributed by atoms with Gasteiger partial charge in [-0.1, -0.05) is 30.7 Å². The molecule has 31 heavy (non-hydrogen) atoms. The molecular formula is C23H29N3O4S. The lowest BCUT2D eigenvalue weighted by Crippen LogP contribution is -2.36. The van der Waals surface area contributed by atoms with Gasteiger partial charge in [-0.05, 0) is 68.0 Å². The van der Waals surface area contributed by atoms with Crippen molar-refractivity contribution in [1.82, 2.24) is 9.62 Å². The maximum Gasteiger partial charge on any atom is 0.313 e. The van der Waals surface area contributed by atoms with Crippen molar-refractivity contribution in [1.29, 1.82) is 0 Å². The SMILES string of the molecule is Cc1ccc(C)c(NC(=O)C(=O)NCCc2ccc(S(=O)(=O)N3CCCCC3)cc2)c1. The molecule has 0 saturated carbocycles. The lowest BCUT2D eigenvalue weighted by atomic mass is 10.1. The molecule has 1 aliphatic rings. The van der Waals surface area contributed by atoms with Crippen molar-refractivity contribution in [3.63, 3.8) is 0 Å². The molecule has 0 aromatic heterocycles. The van der Waals surface area contributed by atoms with E-state index in [0.29, 0.717) is 25.2 Å². The molecular weight excluding hydrogens is 414 g/mol. The third-order valence-corrected chi connectivity index (χ3v) is 7.34. The van der Waals surface area contributed by atoms with Gasteiger partial charge in [-0.3, -0.25) is 9.59 Å². The van der Waals surface area contributed by atoms with E-state index in [4.69, 9.17) is 0 Å². The third-order valence-electron chi connectivity index (χ3n) is 5.42. The van der Waals surface area contributed by atoms with Gasteiger partial charge >= 0.3 is 11.8 Å². The van der Waals surface area contributed by atoms with Gasteiger partial charge in [0.2, 0.25) is 10.0 Å². The second-order valence-corrected chi connectivity index (χ2v) is 9.83. The summed E-state index contributed by atoms with van der Waals surface area (Å²) in [5.41, 5.74) is 3.37. The Hall–Kier alpha value is -2.71. The van der Waals surface area contributed by atoms with Gasteiger partial charge < -0.3 is 10.6 Å². The van der Waals surface area contributed by atoms with E-state index < -0.39 is 21.8 Å². The van der Waals surface area contributed by atoms with Crippen LogP contribution in [0.25, 0.3) is 0 Å². The predicted octanol–water partition coefficient (Wildman–Crippen LogP) is 2.78. The molecule has 2 aromatic carbocycles. The van der Waals surface area contributed by atoms with E-state index in [-0.39, 0.29) is 11.4 Å². The monoisotopic (exact) mass is 443 g/mol. The first-order valence-corrected chi connectivity index (χ1v) is 12.0. The summed E-state index contributed by atoms with van der Waals surface area (Å²) >= 11 is 0. The summed E-state index contributed by atoms with van der Waals surface area (Å²) in [5, 5.41) is 5.24. The van der Waals surface area contributed by atoms with Crippen molar-refractivity contribution in [2.24, 2.45) is 0 Å². The van der Waals surface area contributed by atoms with Crippen LogP contribution in [0.5, 0.6) is 0 Å². The van der Waals surface area contributed by atoms with Gasteiger partial charge in [0.05, 0.1) is 4.90 Å². The van der Waals surface area contributed by atoms with Gasteiger partial charge in [-0.15, -0.1) is 0 Å². The molecule has 7 nitrogen and oxygen atoms in total. The lowest BCUT2D eigenvalue weighted by Gasteiger charge is -2.25. The largest absolute Gasteiger partial charge is 0.347 e. The number of carbonyl (C=O) groups is 2. The molecule has 3 rings (SSSR count). The Balaban J connectivity index is 1.50. The summed E-state index contributed by atoms with van der Waals surface area (Å²) in [4.78, 5) is 24.5. The number of benzene rings is 2. The first kappa shape index (κ1) is 23.0. The Morgan fingerprint density at radius 3 is 2.29 bits per heavy atom. The number of carbonyl (C=O) groups excluding carboxylic acids is 2. The highest BCUT2D eigenvalue weighted by atomic mass is 32.2. The van der Waals surface area contributed by atoms with Crippen molar-refractivity contribution >= 4 is 27.5 Å². The number of nitrogens with zero attached hydrogens (tertiary/aromatic N) is 1. The summed E-state index contributed by atoms with van der Waals surface area (Å²) in [5.74, 6) is -1.41. The van der Waals surface area contributed by atoms with Crippen molar-refractivity contribution < 1.29 is 18.0 Å². The molecule has 1 saturated heterocycles. The number of anilines is 1. The van der Waals surface area contributed by atoms with Crippen LogP contribution in [0.2, 0.25) is 0 Å². The standard InChI is InChI=1S/C23H29N3O4S/c1-17-6-7-18(2)21(16-17)25-23(28)22(27)24-13-12-19-8-10-20(11-9-19)31(29,30)26-14-4-3-5-15-26/h6-11,16H,3-5,12-15H2,1-2H3,(H,24,27)(H,25,28). The second kappa shape index (κ2) is 10.1. The van der Waals surface area contributed by atoms with Gasteiger partial charge in [0.25, 0.3) is 0 Å². The molecule has 0 bridgehead atoms. The number of amides is 2. The second-order valence-electron chi connectivity index (χ2n) is 7.89. The number of hydrogen-bond acceptors (Lipinski definition) is 4. The molecule has 1 heterocycles. The van der Waals surface area contributed by atoms with Crippen molar-refractivity contribution in [2.75, 3.05) is 25.0 Å². The molecule has 2 N–H and O–H groups in total. The molecule has 166 valence electrons. The molecule has 0 spiro atoms. The van der Waals surface area contributed by atoms with E-state index in [9.17, 15) is 18.0 Å². The number of piperidine rings is 1. The highest BCUT2D eigenvalue weighted by Crippen LogP contribution is 2.21. The van der Waals surface area contributed by atoms with Crippen LogP contribution in [0.3, 0.4) is 0 Å². The van der Waals surface area contributed by atoms with Crippen LogP contribution < -0.4 is 10.6 Å². The van der Waals surface area contributed by atoms with E-state index in [0.717, 1.165) is 36.0 Å². The molecule has 1 aliphatic heterocycles. The van der Waals surface area contributed by atoms with Crippen molar-refractivity contribution in [2.45, 2.75) is 44.4 Å². The van der Waals surface area contributed by atoms with E-state index in [2.05, 4.69) is 10.6 Å². The zero-order valence-corrected chi connectivity index (χ0v) is 18.8. The molecule has 0 aliphatic carbocycles. The highest BCUT2D eigenvalue weighted by Gasteiger charge is 2.25. The average molecular weight is 444 g/mol. The zero-order chi connectivity index (χ0) is 22.4. The summed E-state index contributed by atoms with van der Waals surface area (Å²) < 4.78 is 26.9. The molecule has 2 aromatic rings. The number of hydrogen-bond donors (Lipinski definition) is 2. The molecule has 0 unspecified atom stereocenters. The molecule has 0 radical (unpaired) electrons. The van der Waals surface area contributed by atoms with Crippen LogP contribution >= 0.6 is 0 Å². The maximum absolute atomic E-state index is 12.7. The van der Waals surface area contributed by atoms with Gasteiger partial charge in [0.1, 0.15) is 0 Å². The minimum absolute atomic E-state index is 0.275. The zero-order valence-electron chi connectivity index (χ0n) is 18.0. The van der Waals surface area contributed by atoms with Crippen LogP contribution in [-0.4, -0.2) is 44.2 Å². The number of aryl methyl sites for hydroxylation is 2. The Kier molecular flexibility index (Phi) is 7.46. The lowest BCUT2D eigenvalue weighted by molar-refractivity contribution is -0.136. The van der Waals surface area contributed by atoms with E-state index in [1.165, 1.54) is 0 Å². The van der Waals surface area contributed by atoms with Crippen LogP contribution in [0, 0.1) is 13.8 Å². The van der Waals surface area contributed by atoms with E-state index in [1.807, 2.05) is 32.0 Å². The normalized spacial score (nSPS) is 14.8. The smallest absolute Gasteiger partial charge is 0.313 e. The minimum atomic E-state index is -3.45. The summed E-state index contributed by atoms with van der Waals surface area (Å²) in [6.07, 6.45) is 3.36. The first-order chi connectivity index (χ1) is 14.8. The van der Waals surface area contributed by atoms with Crippen LogP contribution in [0.15, 0.2) is 47.4 Å². The van der Waals surface area contributed by atoms with Gasteiger partial charge in [-0.25, -0.2) is 8.42 Å². The molecule has 1 fully saturated rings. The summed E-state index contributed by atoms with van der Waals surface area (Å²) in [6.45, 7) is 5.19. The first-order valence-electron chi connectivity index (χ1n) is 10.5. The fourth-order valence-corrected chi connectivity index (χ4v) is 5.05. The van der Waals surface area contributed by atoms with Gasteiger partial charge in [0, 0.05) is 25.3 Å². The van der Waals surface area contributed by atoms with Gasteiger partial charge in [-0.2, -0.15) is 4.31 Å². The van der Waals surface area contributed by atoms with Gasteiger partial charge in [0.15, 0.2) is 0 Å². The summed E-state index contributed by atoms with van der Waals surface area (Å²) in [6, 6.07) is 12.4. The average Bonchev–Trinajstić information content (AvgIpc) is 2.77. The highest BCUT2D eigenvalue weighted by molar-refractivity contribution is 7.89. The number of rotatable bonds is 6. The Labute approximate surface area is 183 Å². The number of sulfonamides is 1. The minimum Gasteiger partial charge on any atom is -0.347 e. The van der Waals surface area contributed by atoms with Crippen molar-refractivity contribution in [3.05, 3.63) is 59.2 Å². The molecule has 8 heteroatoms. The van der Waals surface area contributed by atoms with E-state index >= 15 is 0 Å². The van der Waals surface area contributed by atoms with Crippen LogP contribution in [-0.2, 0) is 26.0 Å².